The van der Waals surface area contributed by atoms with Gasteiger partial charge in [-0.1, -0.05) is 30.4 Å². The number of hydrogen-bond donors (Lipinski definition) is 0. The molecule has 2 aliphatic carbocycles. The maximum Gasteiger partial charge on any atom is 0.451 e. The zero-order valence-electron chi connectivity index (χ0n) is 20.0. The number of azo groups is 1. The molecule has 9 nitrogen and oxygen atoms in total. The third-order valence-corrected chi connectivity index (χ3v) is 6.76. The van der Waals surface area contributed by atoms with Crippen molar-refractivity contribution in [2.45, 2.75) is 31.7 Å². The molecule has 0 saturated heterocycles. The van der Waals surface area contributed by atoms with E-state index in [1.165, 1.54) is 22.0 Å². The smallest absolute Gasteiger partial charge is 0.328 e. The Morgan fingerprint density at radius 3 is 2.70 bits per heavy atom. The molecule has 1 aromatic rings. The van der Waals surface area contributed by atoms with E-state index in [-0.39, 0.29) is 36.3 Å². The summed E-state index contributed by atoms with van der Waals surface area (Å²) in [7, 11) is 3.17. The van der Waals surface area contributed by atoms with E-state index in [2.05, 4.69) is 20.4 Å². The number of hydrogen-bond acceptors (Lipinski definition) is 6. The number of allylic oxidation sites excluding steroid dienone is 6. The molecule has 13 heteroatoms. The third-order valence-electron chi connectivity index (χ3n) is 6.76. The summed E-state index contributed by atoms with van der Waals surface area (Å²) in [5.41, 5.74) is 1.15. The molecule has 3 atom stereocenters. The van der Waals surface area contributed by atoms with Crippen molar-refractivity contribution >= 4 is 11.8 Å². The van der Waals surface area contributed by atoms with Gasteiger partial charge in [-0.15, -0.1) is 15.3 Å². The molecule has 0 radical (unpaired) electrons. The van der Waals surface area contributed by atoms with Crippen molar-refractivity contribution in [2.24, 2.45) is 22.1 Å². The van der Waals surface area contributed by atoms with Crippen LogP contribution in [0.5, 0.6) is 0 Å². The highest BCUT2D eigenvalue weighted by molar-refractivity contribution is 5.97. The number of rotatable bonds is 4. The number of amides is 2. The number of aromatic nitrogens is 3. The molecule has 0 bridgehead atoms. The van der Waals surface area contributed by atoms with Crippen LogP contribution in [0, 0.1) is 11.8 Å². The number of nitrogens with zero attached hydrogens (tertiary/aromatic N) is 7. The molecule has 3 heterocycles. The lowest BCUT2D eigenvalue weighted by Gasteiger charge is -2.38. The number of halogens is 4. The van der Waals surface area contributed by atoms with Crippen LogP contribution in [0.1, 0.15) is 30.7 Å². The van der Waals surface area contributed by atoms with Gasteiger partial charge in [0.2, 0.25) is 5.82 Å². The summed E-state index contributed by atoms with van der Waals surface area (Å²) < 4.78 is 56.3. The van der Waals surface area contributed by atoms with Crippen molar-refractivity contribution in [1.82, 2.24) is 24.6 Å². The lowest BCUT2D eigenvalue weighted by atomic mass is 9.85. The van der Waals surface area contributed by atoms with Gasteiger partial charge in [0.1, 0.15) is 12.0 Å². The monoisotopic (exact) mass is 517 g/mol. The van der Waals surface area contributed by atoms with Crippen molar-refractivity contribution in [1.29, 1.82) is 0 Å². The second-order valence-corrected chi connectivity index (χ2v) is 9.43. The van der Waals surface area contributed by atoms with Crippen molar-refractivity contribution in [2.75, 3.05) is 20.6 Å². The Kier molecular flexibility index (Phi) is 6.26. The maximum atomic E-state index is 14.9. The molecule has 2 aliphatic heterocycles. The van der Waals surface area contributed by atoms with Gasteiger partial charge in [0.05, 0.1) is 30.3 Å². The van der Waals surface area contributed by atoms with E-state index in [0.29, 0.717) is 18.5 Å². The molecule has 2 amide bonds. The van der Waals surface area contributed by atoms with Gasteiger partial charge in [-0.3, -0.25) is 19.1 Å². The van der Waals surface area contributed by atoms with Crippen molar-refractivity contribution in [3.05, 3.63) is 70.8 Å². The van der Waals surface area contributed by atoms with Gasteiger partial charge in [-0.2, -0.15) is 18.3 Å². The van der Waals surface area contributed by atoms with Gasteiger partial charge in [-0.05, 0) is 44.5 Å². The standard InChI is InChI=1S/C24H23F4N7O2/c1-33(2)20-12-34(11-19-30-32-23(35(19)20)24(26,27)28)22(37)16-9-13(7-8-17(16)25)10-18-14-5-3-4-6-15(14)21(36)31-29-18/h3-6,8-9,13,15,20H,7,10-12H2,1-2H3. The molecule has 4 aliphatic rings. The maximum absolute atomic E-state index is 14.9. The number of carbonyl (C=O) groups is 2. The van der Waals surface area contributed by atoms with Crippen molar-refractivity contribution in [3.8, 4) is 0 Å². The van der Waals surface area contributed by atoms with E-state index in [0.717, 1.165) is 10.1 Å². The predicted octanol–water partition coefficient (Wildman–Crippen LogP) is 3.88. The highest BCUT2D eigenvalue weighted by atomic mass is 19.4. The van der Waals surface area contributed by atoms with Gasteiger partial charge >= 0.3 is 6.18 Å². The summed E-state index contributed by atoms with van der Waals surface area (Å²) in [5, 5.41) is 14.8. The first-order chi connectivity index (χ1) is 17.5. The molecule has 37 heavy (non-hydrogen) atoms. The van der Waals surface area contributed by atoms with Crippen LogP contribution in [-0.2, 0) is 22.3 Å². The summed E-state index contributed by atoms with van der Waals surface area (Å²) in [6.07, 6.45) is 5.00. The van der Waals surface area contributed by atoms with Gasteiger partial charge in [0, 0.05) is 0 Å². The minimum atomic E-state index is -4.71. The largest absolute Gasteiger partial charge is 0.451 e. The van der Waals surface area contributed by atoms with Crippen LogP contribution in [-0.4, -0.2) is 57.0 Å². The molecular formula is C24H23F4N7O2. The Morgan fingerprint density at radius 2 is 1.97 bits per heavy atom. The van der Waals surface area contributed by atoms with Gasteiger partial charge in [0.15, 0.2) is 5.82 Å². The summed E-state index contributed by atoms with van der Waals surface area (Å²) in [5.74, 6) is -3.67. The molecular weight excluding hydrogens is 494 g/mol. The quantitative estimate of drug-likeness (QED) is 0.565. The summed E-state index contributed by atoms with van der Waals surface area (Å²) in [6, 6.07) is 0. The van der Waals surface area contributed by atoms with Crippen molar-refractivity contribution in [3.63, 3.8) is 0 Å². The molecule has 0 spiro atoms. The minimum absolute atomic E-state index is 0.0367. The third kappa shape index (κ3) is 4.59. The molecule has 194 valence electrons. The topological polar surface area (TPSA) is 96.1 Å². The number of carbonyl (C=O) groups excluding carboxylic acids is 2. The minimum Gasteiger partial charge on any atom is -0.328 e. The Bertz CT molecular complexity index is 1330. The highest BCUT2D eigenvalue weighted by Crippen LogP contribution is 2.37. The first-order valence-electron chi connectivity index (χ1n) is 11.6. The fourth-order valence-electron chi connectivity index (χ4n) is 4.90. The Labute approximate surface area is 209 Å². The molecule has 0 fully saturated rings. The molecule has 1 aromatic heterocycles. The van der Waals surface area contributed by atoms with E-state index in [9.17, 15) is 27.2 Å². The normalized spacial score (nSPS) is 25.3. The highest BCUT2D eigenvalue weighted by Gasteiger charge is 2.44. The van der Waals surface area contributed by atoms with E-state index >= 15 is 0 Å². The molecule has 3 unspecified atom stereocenters. The first kappa shape index (κ1) is 24.9. The van der Waals surface area contributed by atoms with Crippen LogP contribution in [0.2, 0.25) is 0 Å². The SMILES string of the molecule is CN(C)C1CN(C(=O)C2=CC(CC3=C4C=CC=CC4C(=O)N=N3)CC=C2F)Cc2nnc(C(F)(F)F)n21. The summed E-state index contributed by atoms with van der Waals surface area (Å²) in [6.45, 7) is -0.356. The molecule has 0 saturated carbocycles. The average Bonchev–Trinajstić information content (AvgIpc) is 3.31. The number of likely N-dealkylation sites (N-methyl/N-ethyl adjacent to an activating group) is 1. The van der Waals surface area contributed by atoms with Crippen LogP contribution in [0.15, 0.2) is 69.4 Å². The fourth-order valence-corrected chi connectivity index (χ4v) is 4.90. The van der Waals surface area contributed by atoms with E-state index < -0.39 is 35.8 Å². The summed E-state index contributed by atoms with van der Waals surface area (Å²) in [4.78, 5) is 28.3. The Hall–Kier alpha value is -3.74. The van der Waals surface area contributed by atoms with Gasteiger partial charge in [-0.25, -0.2) is 4.39 Å². The zero-order chi connectivity index (χ0) is 26.5. The van der Waals surface area contributed by atoms with Gasteiger partial charge in [0.25, 0.3) is 11.8 Å². The van der Waals surface area contributed by atoms with Crippen LogP contribution < -0.4 is 0 Å². The van der Waals surface area contributed by atoms with Crippen LogP contribution in [0.4, 0.5) is 17.6 Å². The number of fused-ring (bicyclic) bond motifs is 2. The number of alkyl halides is 3. The first-order valence-corrected chi connectivity index (χ1v) is 11.6. The Balaban J connectivity index is 1.40. The lowest BCUT2D eigenvalue weighted by Crippen LogP contribution is -2.47. The summed E-state index contributed by atoms with van der Waals surface area (Å²) >= 11 is 0. The van der Waals surface area contributed by atoms with Crippen molar-refractivity contribution < 1.29 is 27.2 Å². The molecule has 0 N–H and O–H groups in total. The van der Waals surface area contributed by atoms with Gasteiger partial charge < -0.3 is 4.90 Å². The average molecular weight is 517 g/mol. The fraction of sp³-hybridized carbons (Fsp3) is 0.417. The van der Waals surface area contributed by atoms with Crippen LogP contribution in [0.25, 0.3) is 0 Å². The van der Waals surface area contributed by atoms with Crippen LogP contribution in [0.3, 0.4) is 0 Å². The van der Waals surface area contributed by atoms with E-state index in [1.807, 2.05) is 0 Å². The van der Waals surface area contributed by atoms with E-state index in [1.54, 1.807) is 38.4 Å². The van der Waals surface area contributed by atoms with E-state index in [4.69, 9.17) is 0 Å². The Morgan fingerprint density at radius 1 is 1.19 bits per heavy atom. The predicted molar refractivity (Wildman–Crippen MR) is 122 cm³/mol. The molecule has 5 rings (SSSR count). The second-order valence-electron chi connectivity index (χ2n) is 9.43. The second kappa shape index (κ2) is 9.29. The lowest BCUT2D eigenvalue weighted by molar-refractivity contribution is -0.150. The van der Waals surface area contributed by atoms with Crippen LogP contribution >= 0.6 is 0 Å². The molecule has 0 aromatic carbocycles. The zero-order valence-corrected chi connectivity index (χ0v) is 20.0.